The van der Waals surface area contributed by atoms with Crippen molar-refractivity contribution in [1.29, 1.82) is 0 Å². The van der Waals surface area contributed by atoms with Crippen LogP contribution in [0.15, 0.2) is 91.4 Å². The van der Waals surface area contributed by atoms with E-state index in [2.05, 4.69) is 20.6 Å². The lowest BCUT2D eigenvalue weighted by molar-refractivity contribution is -0.127. The van der Waals surface area contributed by atoms with E-state index in [1.54, 1.807) is 42.6 Å². The fraction of sp³-hybridized carbons (Fsp3) is 0.148. The standard InChI is InChI=1S/C27H25ClN4O4/c28-23-8-4-5-9-25(23)36-22-12-10-20(11-13-22)31-27(34)24(17-35-16-19-6-2-1-3-7-19)32-26(33)14-21-15-29-18-30-21/h1-13,15,18,24H,14,16-17H2,(H,29,30)(H,31,34)(H,32,33)/t24-/m0/s1. The summed E-state index contributed by atoms with van der Waals surface area (Å²) >= 11 is 6.14. The molecule has 0 saturated carbocycles. The number of amides is 2. The zero-order valence-electron chi connectivity index (χ0n) is 19.3. The van der Waals surface area contributed by atoms with Gasteiger partial charge >= 0.3 is 0 Å². The average Bonchev–Trinajstić information content (AvgIpc) is 3.39. The van der Waals surface area contributed by atoms with Gasteiger partial charge in [-0.05, 0) is 42.0 Å². The predicted octanol–water partition coefficient (Wildman–Crippen LogP) is 4.74. The van der Waals surface area contributed by atoms with Gasteiger partial charge in [-0.3, -0.25) is 9.59 Å². The molecule has 0 aliphatic carbocycles. The summed E-state index contributed by atoms with van der Waals surface area (Å²) in [5, 5.41) is 6.07. The highest BCUT2D eigenvalue weighted by molar-refractivity contribution is 6.32. The van der Waals surface area contributed by atoms with Crippen molar-refractivity contribution in [3.8, 4) is 11.5 Å². The van der Waals surface area contributed by atoms with Gasteiger partial charge in [-0.25, -0.2) is 4.98 Å². The third-order valence-corrected chi connectivity index (χ3v) is 5.45. The molecule has 36 heavy (non-hydrogen) atoms. The second kappa shape index (κ2) is 12.5. The summed E-state index contributed by atoms with van der Waals surface area (Å²) in [4.78, 5) is 32.4. The van der Waals surface area contributed by atoms with E-state index in [1.165, 1.54) is 6.33 Å². The minimum atomic E-state index is -0.900. The number of aromatic amines is 1. The number of rotatable bonds is 11. The Balaban J connectivity index is 1.37. The third-order valence-electron chi connectivity index (χ3n) is 5.14. The quantitative estimate of drug-likeness (QED) is 0.273. The number of para-hydroxylation sites is 1. The highest BCUT2D eigenvalue weighted by Gasteiger charge is 2.22. The minimum absolute atomic E-state index is 0.00312. The van der Waals surface area contributed by atoms with Gasteiger partial charge in [0, 0.05) is 17.6 Å². The Kier molecular flexibility index (Phi) is 8.69. The summed E-state index contributed by atoms with van der Waals surface area (Å²) < 4.78 is 11.5. The molecule has 4 rings (SSSR count). The molecule has 3 aromatic carbocycles. The van der Waals surface area contributed by atoms with Crippen LogP contribution >= 0.6 is 11.6 Å². The van der Waals surface area contributed by atoms with Crippen LogP contribution in [0.25, 0.3) is 0 Å². The van der Waals surface area contributed by atoms with E-state index in [0.717, 1.165) is 5.56 Å². The molecule has 184 valence electrons. The second-order valence-corrected chi connectivity index (χ2v) is 8.33. The monoisotopic (exact) mass is 504 g/mol. The molecule has 1 atom stereocenters. The van der Waals surface area contributed by atoms with Gasteiger partial charge in [0.2, 0.25) is 11.8 Å². The largest absolute Gasteiger partial charge is 0.456 e. The highest BCUT2D eigenvalue weighted by Crippen LogP contribution is 2.29. The number of benzene rings is 3. The lowest BCUT2D eigenvalue weighted by Crippen LogP contribution is -2.47. The number of halogens is 1. The third kappa shape index (κ3) is 7.43. The van der Waals surface area contributed by atoms with Crippen LogP contribution < -0.4 is 15.4 Å². The molecule has 3 N–H and O–H groups in total. The van der Waals surface area contributed by atoms with Crippen LogP contribution in [0.5, 0.6) is 11.5 Å². The zero-order chi connectivity index (χ0) is 25.2. The number of aromatic nitrogens is 2. The molecule has 1 heterocycles. The topological polar surface area (TPSA) is 105 Å². The van der Waals surface area contributed by atoms with E-state index in [9.17, 15) is 9.59 Å². The molecule has 0 unspecified atom stereocenters. The number of nitrogens with one attached hydrogen (secondary N) is 3. The van der Waals surface area contributed by atoms with Gasteiger partial charge in [0.15, 0.2) is 0 Å². The van der Waals surface area contributed by atoms with Crippen LogP contribution in [-0.4, -0.2) is 34.4 Å². The Morgan fingerprint density at radius 1 is 0.972 bits per heavy atom. The van der Waals surface area contributed by atoms with Crippen molar-refractivity contribution in [3.05, 3.63) is 108 Å². The molecule has 0 fully saturated rings. The van der Waals surface area contributed by atoms with Crippen LogP contribution in [0.2, 0.25) is 5.02 Å². The Morgan fingerprint density at radius 3 is 2.44 bits per heavy atom. The average molecular weight is 505 g/mol. The molecule has 0 radical (unpaired) electrons. The molecule has 1 aromatic heterocycles. The molecular weight excluding hydrogens is 480 g/mol. The van der Waals surface area contributed by atoms with Crippen LogP contribution in [0, 0.1) is 0 Å². The lowest BCUT2D eigenvalue weighted by Gasteiger charge is -2.19. The van der Waals surface area contributed by atoms with Crippen molar-refractivity contribution < 1.29 is 19.1 Å². The number of carbonyl (C=O) groups excluding carboxylic acids is 2. The molecule has 0 spiro atoms. The van der Waals surface area contributed by atoms with E-state index < -0.39 is 11.9 Å². The van der Waals surface area contributed by atoms with Gasteiger partial charge in [0.1, 0.15) is 17.5 Å². The Bertz CT molecular complexity index is 1260. The van der Waals surface area contributed by atoms with Crippen LogP contribution in [0.3, 0.4) is 0 Å². The molecular formula is C27H25ClN4O4. The first-order valence-electron chi connectivity index (χ1n) is 11.3. The number of hydrogen-bond donors (Lipinski definition) is 3. The molecule has 0 aliphatic heterocycles. The smallest absolute Gasteiger partial charge is 0.249 e. The number of ether oxygens (including phenoxy) is 2. The van der Waals surface area contributed by atoms with E-state index >= 15 is 0 Å². The Hall–Kier alpha value is -4.14. The van der Waals surface area contributed by atoms with Gasteiger partial charge in [-0.2, -0.15) is 0 Å². The van der Waals surface area contributed by atoms with Gasteiger partial charge in [0.05, 0.1) is 31.0 Å². The number of carbonyl (C=O) groups is 2. The number of H-pyrrole nitrogens is 1. The van der Waals surface area contributed by atoms with E-state index in [0.29, 0.717) is 34.5 Å². The predicted molar refractivity (Wildman–Crippen MR) is 137 cm³/mol. The maximum atomic E-state index is 13.0. The first-order chi connectivity index (χ1) is 17.6. The van der Waals surface area contributed by atoms with E-state index in [-0.39, 0.29) is 18.9 Å². The molecule has 0 saturated heterocycles. The molecule has 8 nitrogen and oxygen atoms in total. The fourth-order valence-electron chi connectivity index (χ4n) is 3.34. The fourth-order valence-corrected chi connectivity index (χ4v) is 3.52. The summed E-state index contributed by atoms with van der Waals surface area (Å²) in [5.74, 6) is 0.371. The maximum Gasteiger partial charge on any atom is 0.249 e. The molecule has 2 amide bonds. The molecule has 0 bridgehead atoms. The number of anilines is 1. The maximum absolute atomic E-state index is 13.0. The van der Waals surface area contributed by atoms with Crippen LogP contribution in [0.1, 0.15) is 11.3 Å². The highest BCUT2D eigenvalue weighted by atomic mass is 35.5. The summed E-state index contributed by atoms with van der Waals surface area (Å²) in [6, 6.07) is 22.7. The summed E-state index contributed by atoms with van der Waals surface area (Å²) in [6.45, 7) is 0.318. The normalized spacial score (nSPS) is 11.5. The number of nitrogens with zero attached hydrogens (tertiary/aromatic N) is 1. The SMILES string of the molecule is O=C(Cc1cnc[nH]1)N[C@@H](COCc1ccccc1)C(=O)Nc1ccc(Oc2ccccc2Cl)cc1. The summed E-state index contributed by atoms with van der Waals surface area (Å²) in [7, 11) is 0. The lowest BCUT2D eigenvalue weighted by atomic mass is 10.2. The van der Waals surface area contributed by atoms with Crippen molar-refractivity contribution >= 4 is 29.1 Å². The Morgan fingerprint density at radius 2 is 1.72 bits per heavy atom. The van der Waals surface area contributed by atoms with E-state index in [4.69, 9.17) is 21.1 Å². The van der Waals surface area contributed by atoms with Crippen molar-refractivity contribution in [2.45, 2.75) is 19.1 Å². The minimum Gasteiger partial charge on any atom is -0.456 e. The first-order valence-corrected chi connectivity index (χ1v) is 11.7. The summed E-state index contributed by atoms with van der Waals surface area (Å²) in [5.41, 5.74) is 2.16. The van der Waals surface area contributed by atoms with Crippen molar-refractivity contribution in [2.75, 3.05) is 11.9 Å². The Labute approximate surface area is 213 Å². The summed E-state index contributed by atoms with van der Waals surface area (Å²) in [6.07, 6.45) is 3.12. The molecule has 9 heteroatoms. The number of hydrogen-bond acceptors (Lipinski definition) is 5. The van der Waals surface area contributed by atoms with Crippen LogP contribution in [-0.2, 0) is 27.4 Å². The van der Waals surface area contributed by atoms with Crippen molar-refractivity contribution in [2.24, 2.45) is 0 Å². The van der Waals surface area contributed by atoms with E-state index in [1.807, 2.05) is 42.5 Å². The van der Waals surface area contributed by atoms with Gasteiger partial charge in [-0.15, -0.1) is 0 Å². The van der Waals surface area contributed by atoms with Crippen molar-refractivity contribution in [3.63, 3.8) is 0 Å². The van der Waals surface area contributed by atoms with Gasteiger partial charge in [0.25, 0.3) is 0 Å². The van der Waals surface area contributed by atoms with Crippen molar-refractivity contribution in [1.82, 2.24) is 15.3 Å². The second-order valence-electron chi connectivity index (χ2n) is 7.92. The first kappa shape index (κ1) is 25.0. The molecule has 4 aromatic rings. The van der Waals surface area contributed by atoms with Gasteiger partial charge < -0.3 is 25.1 Å². The number of imidazole rings is 1. The van der Waals surface area contributed by atoms with Gasteiger partial charge in [-0.1, -0.05) is 54.1 Å². The molecule has 0 aliphatic rings. The van der Waals surface area contributed by atoms with Crippen LogP contribution in [0.4, 0.5) is 5.69 Å². The zero-order valence-corrected chi connectivity index (χ0v) is 20.1.